The van der Waals surface area contributed by atoms with Crippen molar-refractivity contribution in [3.63, 3.8) is 0 Å². The van der Waals surface area contributed by atoms with Gasteiger partial charge in [0.25, 0.3) is 0 Å². The van der Waals surface area contributed by atoms with Gasteiger partial charge in [0.15, 0.2) is 0 Å². The number of aryl methyl sites for hydroxylation is 2. The Labute approximate surface area is 133 Å². The van der Waals surface area contributed by atoms with E-state index in [1.54, 1.807) is 0 Å². The molecule has 0 saturated carbocycles. The zero-order valence-electron chi connectivity index (χ0n) is 11.8. The maximum atomic E-state index is 3.73. The Morgan fingerprint density at radius 3 is 2.85 bits per heavy atom. The minimum Gasteiger partial charge on any atom is -0.309 e. The molecule has 3 heteroatoms. The van der Waals surface area contributed by atoms with Crippen molar-refractivity contribution in [3.05, 3.63) is 55.7 Å². The van der Waals surface area contributed by atoms with Crippen LogP contribution in [-0.2, 0) is 25.8 Å². The summed E-state index contributed by atoms with van der Waals surface area (Å²) < 4.78 is 1.20. The normalized spacial score (nSPS) is 18.0. The topological polar surface area (TPSA) is 12.0 Å². The SMILES string of the molecule is CCc1ccc(CNC2CCc3cc(Br)ccc3C2)s1. The van der Waals surface area contributed by atoms with Crippen LogP contribution in [0.25, 0.3) is 0 Å². The third-order valence-electron chi connectivity index (χ3n) is 4.03. The second-order valence-corrected chi connectivity index (χ2v) is 7.62. The van der Waals surface area contributed by atoms with Crippen molar-refractivity contribution >= 4 is 27.3 Å². The average Bonchev–Trinajstić information content (AvgIpc) is 2.93. The molecule has 0 amide bonds. The molecule has 0 fully saturated rings. The van der Waals surface area contributed by atoms with Crippen LogP contribution in [0.1, 0.15) is 34.2 Å². The number of halogens is 1. The largest absolute Gasteiger partial charge is 0.309 e. The molecule has 1 N–H and O–H groups in total. The molecule has 1 aromatic heterocycles. The maximum Gasteiger partial charge on any atom is 0.0302 e. The second-order valence-electron chi connectivity index (χ2n) is 5.46. The predicted octanol–water partition coefficient (Wildman–Crippen LogP) is 4.72. The Kier molecular flexibility index (Phi) is 4.59. The van der Waals surface area contributed by atoms with E-state index in [0.29, 0.717) is 6.04 Å². The first-order chi connectivity index (χ1) is 9.74. The quantitative estimate of drug-likeness (QED) is 0.841. The summed E-state index contributed by atoms with van der Waals surface area (Å²) in [5, 5.41) is 3.73. The molecular weight excluding hydrogens is 330 g/mol. The van der Waals surface area contributed by atoms with Gasteiger partial charge in [-0.3, -0.25) is 0 Å². The highest BCUT2D eigenvalue weighted by Crippen LogP contribution is 2.25. The summed E-state index contributed by atoms with van der Waals surface area (Å²) in [6.45, 7) is 3.24. The van der Waals surface area contributed by atoms with E-state index in [1.165, 1.54) is 38.2 Å². The van der Waals surface area contributed by atoms with Gasteiger partial charge in [-0.05, 0) is 61.1 Å². The van der Waals surface area contributed by atoms with E-state index in [2.05, 4.69) is 58.5 Å². The molecule has 1 aromatic carbocycles. The molecular formula is C17H20BrNS. The minimum absolute atomic E-state index is 0.621. The van der Waals surface area contributed by atoms with E-state index in [9.17, 15) is 0 Å². The van der Waals surface area contributed by atoms with Crippen LogP contribution in [0.4, 0.5) is 0 Å². The van der Waals surface area contributed by atoms with Crippen LogP contribution < -0.4 is 5.32 Å². The third kappa shape index (κ3) is 3.33. The van der Waals surface area contributed by atoms with E-state index < -0.39 is 0 Å². The molecule has 0 saturated heterocycles. The monoisotopic (exact) mass is 349 g/mol. The molecule has 20 heavy (non-hydrogen) atoms. The Balaban J connectivity index is 1.58. The Morgan fingerprint density at radius 1 is 1.20 bits per heavy atom. The molecule has 0 spiro atoms. The first-order valence-corrected chi connectivity index (χ1v) is 8.94. The van der Waals surface area contributed by atoms with Gasteiger partial charge in [-0.2, -0.15) is 0 Å². The summed E-state index contributed by atoms with van der Waals surface area (Å²) in [5.74, 6) is 0. The Morgan fingerprint density at radius 2 is 2.05 bits per heavy atom. The molecule has 1 aliphatic rings. The molecule has 0 radical (unpaired) electrons. The van der Waals surface area contributed by atoms with Crippen molar-refractivity contribution in [1.29, 1.82) is 0 Å². The lowest BCUT2D eigenvalue weighted by atomic mass is 9.88. The molecule has 1 nitrogen and oxygen atoms in total. The van der Waals surface area contributed by atoms with Crippen LogP contribution in [0.3, 0.4) is 0 Å². The Hall–Kier alpha value is -0.640. The zero-order chi connectivity index (χ0) is 13.9. The van der Waals surface area contributed by atoms with Crippen LogP contribution in [0.15, 0.2) is 34.8 Å². The number of fused-ring (bicyclic) bond motifs is 1. The molecule has 106 valence electrons. The van der Waals surface area contributed by atoms with E-state index in [1.807, 2.05) is 11.3 Å². The molecule has 1 unspecified atom stereocenters. The van der Waals surface area contributed by atoms with Crippen LogP contribution in [-0.4, -0.2) is 6.04 Å². The van der Waals surface area contributed by atoms with Crippen molar-refractivity contribution in [2.45, 2.75) is 45.2 Å². The summed E-state index contributed by atoms with van der Waals surface area (Å²) in [6, 6.07) is 11.9. The van der Waals surface area contributed by atoms with Crippen molar-refractivity contribution < 1.29 is 0 Å². The highest BCUT2D eigenvalue weighted by atomic mass is 79.9. The lowest BCUT2D eigenvalue weighted by Gasteiger charge is -2.25. The van der Waals surface area contributed by atoms with Crippen LogP contribution in [0, 0.1) is 0 Å². The third-order valence-corrected chi connectivity index (χ3v) is 5.75. The molecule has 0 bridgehead atoms. The number of nitrogens with one attached hydrogen (secondary N) is 1. The summed E-state index contributed by atoms with van der Waals surface area (Å²) in [5.41, 5.74) is 3.03. The lowest BCUT2D eigenvalue weighted by Crippen LogP contribution is -2.33. The molecule has 1 atom stereocenters. The molecule has 2 aromatic rings. The van der Waals surface area contributed by atoms with Gasteiger partial charge in [-0.25, -0.2) is 0 Å². The highest BCUT2D eigenvalue weighted by Gasteiger charge is 2.18. The fourth-order valence-electron chi connectivity index (χ4n) is 2.85. The van der Waals surface area contributed by atoms with Gasteiger partial charge >= 0.3 is 0 Å². The number of rotatable bonds is 4. The fraction of sp³-hybridized carbons (Fsp3) is 0.412. The van der Waals surface area contributed by atoms with Gasteiger partial charge in [0.05, 0.1) is 0 Å². The van der Waals surface area contributed by atoms with Crippen LogP contribution in [0.2, 0.25) is 0 Å². The minimum atomic E-state index is 0.621. The average molecular weight is 350 g/mol. The van der Waals surface area contributed by atoms with Crippen molar-refractivity contribution in [2.24, 2.45) is 0 Å². The van der Waals surface area contributed by atoms with Gasteiger partial charge in [-0.15, -0.1) is 11.3 Å². The van der Waals surface area contributed by atoms with Crippen LogP contribution in [0.5, 0.6) is 0 Å². The van der Waals surface area contributed by atoms with E-state index in [-0.39, 0.29) is 0 Å². The summed E-state index contributed by atoms with van der Waals surface area (Å²) in [7, 11) is 0. The molecule has 3 rings (SSSR count). The van der Waals surface area contributed by atoms with Crippen molar-refractivity contribution in [3.8, 4) is 0 Å². The molecule has 0 aliphatic heterocycles. The number of benzene rings is 1. The van der Waals surface area contributed by atoms with Gasteiger partial charge in [0.2, 0.25) is 0 Å². The first kappa shape index (κ1) is 14.3. The number of hydrogen-bond acceptors (Lipinski definition) is 2. The zero-order valence-corrected chi connectivity index (χ0v) is 14.2. The van der Waals surface area contributed by atoms with Gasteiger partial charge in [0.1, 0.15) is 0 Å². The predicted molar refractivity (Wildman–Crippen MR) is 90.5 cm³/mol. The van der Waals surface area contributed by atoms with E-state index in [0.717, 1.165) is 19.4 Å². The van der Waals surface area contributed by atoms with Crippen LogP contribution >= 0.6 is 27.3 Å². The summed E-state index contributed by atoms with van der Waals surface area (Å²) >= 11 is 5.50. The number of hydrogen-bond donors (Lipinski definition) is 1. The van der Waals surface area contributed by atoms with Crippen molar-refractivity contribution in [2.75, 3.05) is 0 Å². The van der Waals surface area contributed by atoms with Gasteiger partial charge in [0, 0.05) is 26.8 Å². The standard InChI is InChI=1S/C17H20BrNS/c1-2-16-7-8-17(20-16)11-19-15-6-4-12-9-14(18)5-3-13(12)10-15/h3,5,7-9,15,19H,2,4,6,10-11H2,1H3. The van der Waals surface area contributed by atoms with Gasteiger partial charge in [-0.1, -0.05) is 28.9 Å². The number of thiophene rings is 1. The maximum absolute atomic E-state index is 3.73. The Bertz CT molecular complexity index is 590. The lowest BCUT2D eigenvalue weighted by molar-refractivity contribution is 0.459. The van der Waals surface area contributed by atoms with Gasteiger partial charge < -0.3 is 5.32 Å². The van der Waals surface area contributed by atoms with E-state index >= 15 is 0 Å². The highest BCUT2D eigenvalue weighted by molar-refractivity contribution is 9.10. The fourth-order valence-corrected chi connectivity index (χ4v) is 4.17. The van der Waals surface area contributed by atoms with Crippen molar-refractivity contribution in [1.82, 2.24) is 5.32 Å². The van der Waals surface area contributed by atoms with E-state index in [4.69, 9.17) is 0 Å². The molecule has 1 heterocycles. The smallest absolute Gasteiger partial charge is 0.0302 e. The summed E-state index contributed by atoms with van der Waals surface area (Å²) in [6.07, 6.45) is 4.75. The molecule has 1 aliphatic carbocycles. The second kappa shape index (κ2) is 6.42. The first-order valence-electron chi connectivity index (χ1n) is 7.33. The summed E-state index contributed by atoms with van der Waals surface area (Å²) in [4.78, 5) is 2.95.